The Morgan fingerprint density at radius 3 is 2.04 bits per heavy atom. The number of anilines is 1. The molecule has 10 heteroatoms. The first kappa shape index (κ1) is 33.7. The van der Waals surface area contributed by atoms with Crippen molar-refractivity contribution in [3.05, 3.63) is 143 Å². The molecular weight excluding hydrogens is 626 g/mol. The van der Waals surface area contributed by atoms with Gasteiger partial charge >= 0.3 is 12.1 Å². The zero-order valence-electron chi connectivity index (χ0n) is 26.2. The number of carbonyl (C=O) groups is 2. The number of hydrogen-bond donors (Lipinski definition) is 1. The highest BCUT2D eigenvalue weighted by atomic mass is 19.4. The maximum Gasteiger partial charge on any atom is 0.416 e. The normalized spacial score (nSPS) is 11.2. The fraction of sp³-hybridized carbons (Fsp3) is 0.158. The predicted molar refractivity (Wildman–Crippen MR) is 174 cm³/mol. The van der Waals surface area contributed by atoms with E-state index in [1.165, 1.54) is 43.5 Å². The van der Waals surface area contributed by atoms with Crippen LogP contribution in [0.4, 0.5) is 23.2 Å². The number of hydrogen-bond acceptors (Lipinski definition) is 5. The van der Waals surface area contributed by atoms with E-state index in [0.717, 1.165) is 34.4 Å². The highest BCUT2D eigenvalue weighted by molar-refractivity contribution is 6.08. The quantitative estimate of drug-likeness (QED) is 0.120. The molecule has 5 rings (SSSR count). The first-order valence-corrected chi connectivity index (χ1v) is 14.9. The molecular formula is C38H31F4NO5. The number of carbonyl (C=O) groups excluding carboxylic acids is 2. The summed E-state index contributed by atoms with van der Waals surface area (Å²) in [5.41, 5.74) is 3.06. The van der Waals surface area contributed by atoms with Gasteiger partial charge < -0.3 is 19.5 Å². The molecule has 48 heavy (non-hydrogen) atoms. The molecule has 6 nitrogen and oxygen atoms in total. The Bertz CT molecular complexity index is 1900. The Balaban J connectivity index is 1.35. The number of alkyl halides is 3. The zero-order valence-corrected chi connectivity index (χ0v) is 26.2. The maximum absolute atomic E-state index is 13.3. The molecule has 0 heterocycles. The van der Waals surface area contributed by atoms with E-state index in [0.29, 0.717) is 17.1 Å². The summed E-state index contributed by atoms with van der Waals surface area (Å²) in [7, 11) is 1.25. The number of nitrogens with one attached hydrogen (secondary N) is 1. The second-order valence-corrected chi connectivity index (χ2v) is 11.2. The van der Waals surface area contributed by atoms with Crippen molar-refractivity contribution in [2.24, 2.45) is 0 Å². The number of esters is 1. The minimum absolute atomic E-state index is 0.00541. The van der Waals surface area contributed by atoms with Crippen molar-refractivity contribution in [3.63, 3.8) is 0 Å². The number of benzene rings is 5. The average Bonchev–Trinajstić information content (AvgIpc) is 3.08. The second kappa shape index (κ2) is 14.4. The van der Waals surface area contributed by atoms with Crippen LogP contribution in [-0.4, -0.2) is 19.0 Å². The van der Waals surface area contributed by atoms with Gasteiger partial charge in [-0.3, -0.25) is 4.79 Å². The average molecular weight is 658 g/mol. The van der Waals surface area contributed by atoms with Crippen molar-refractivity contribution in [2.45, 2.75) is 32.5 Å². The van der Waals surface area contributed by atoms with E-state index in [2.05, 4.69) is 5.32 Å². The molecule has 1 N–H and O–H groups in total. The Morgan fingerprint density at radius 2 is 1.44 bits per heavy atom. The minimum atomic E-state index is -4.47. The van der Waals surface area contributed by atoms with Gasteiger partial charge in [-0.15, -0.1) is 0 Å². The first-order chi connectivity index (χ1) is 22.9. The summed E-state index contributed by atoms with van der Waals surface area (Å²) >= 11 is 0. The van der Waals surface area contributed by atoms with Crippen LogP contribution in [0, 0.1) is 5.82 Å². The van der Waals surface area contributed by atoms with Crippen molar-refractivity contribution < 1.29 is 41.4 Å². The fourth-order valence-corrected chi connectivity index (χ4v) is 4.94. The lowest BCUT2D eigenvalue weighted by molar-refractivity contribution is -0.137. The lowest BCUT2D eigenvalue weighted by atomic mass is 9.89. The number of halogens is 4. The maximum atomic E-state index is 13.3. The molecule has 1 amide bonds. The molecule has 0 fully saturated rings. The van der Waals surface area contributed by atoms with E-state index >= 15 is 0 Å². The van der Waals surface area contributed by atoms with E-state index in [1.54, 1.807) is 48.5 Å². The molecule has 0 aromatic heterocycles. The molecule has 5 aromatic carbocycles. The molecule has 0 aliphatic carbocycles. The van der Waals surface area contributed by atoms with Gasteiger partial charge in [0.15, 0.2) is 0 Å². The van der Waals surface area contributed by atoms with Gasteiger partial charge in [-0.05, 0) is 107 Å². The van der Waals surface area contributed by atoms with Crippen molar-refractivity contribution in [2.75, 3.05) is 12.4 Å². The van der Waals surface area contributed by atoms with Crippen LogP contribution < -0.4 is 14.8 Å². The molecule has 0 unspecified atom stereocenters. The lowest BCUT2D eigenvalue weighted by Crippen LogP contribution is -2.16. The highest BCUT2D eigenvalue weighted by Gasteiger charge is 2.30. The molecule has 0 bridgehead atoms. The Morgan fingerprint density at radius 1 is 0.792 bits per heavy atom. The van der Waals surface area contributed by atoms with Crippen LogP contribution in [0.2, 0.25) is 0 Å². The number of rotatable bonds is 10. The van der Waals surface area contributed by atoms with Crippen LogP contribution in [0.25, 0.3) is 11.1 Å². The Hall–Kier alpha value is -5.64. The summed E-state index contributed by atoms with van der Waals surface area (Å²) < 4.78 is 68.7. The van der Waals surface area contributed by atoms with Crippen molar-refractivity contribution in [3.8, 4) is 28.4 Å². The zero-order chi connectivity index (χ0) is 34.4. The molecule has 5 aromatic rings. The predicted octanol–water partition coefficient (Wildman–Crippen LogP) is 10.0. The molecule has 0 aliphatic heterocycles. The van der Waals surface area contributed by atoms with Gasteiger partial charge in [0.2, 0.25) is 0 Å². The lowest BCUT2D eigenvalue weighted by Gasteiger charge is -2.19. The molecule has 0 spiro atoms. The third kappa shape index (κ3) is 8.19. The van der Waals surface area contributed by atoms with Gasteiger partial charge in [0, 0.05) is 5.56 Å². The van der Waals surface area contributed by atoms with Crippen LogP contribution in [0.1, 0.15) is 57.2 Å². The van der Waals surface area contributed by atoms with Crippen molar-refractivity contribution in [1.82, 2.24) is 0 Å². The monoisotopic (exact) mass is 657 g/mol. The highest BCUT2D eigenvalue weighted by Crippen LogP contribution is 2.36. The minimum Gasteiger partial charge on any atom is -0.489 e. The number of ether oxygens (including phenoxy) is 3. The van der Waals surface area contributed by atoms with Crippen LogP contribution in [0.5, 0.6) is 17.2 Å². The van der Waals surface area contributed by atoms with Gasteiger partial charge in [0.1, 0.15) is 29.7 Å². The summed E-state index contributed by atoms with van der Waals surface area (Å²) in [5.74, 6) is -0.492. The van der Waals surface area contributed by atoms with Gasteiger partial charge in [-0.25, -0.2) is 9.18 Å². The largest absolute Gasteiger partial charge is 0.489 e. The van der Waals surface area contributed by atoms with Gasteiger partial charge in [-0.2, -0.15) is 13.2 Å². The Kier molecular flexibility index (Phi) is 10.1. The summed E-state index contributed by atoms with van der Waals surface area (Å²) in [6.07, 6.45) is -4.47. The summed E-state index contributed by atoms with van der Waals surface area (Å²) in [6, 6.07) is 27.3. The summed E-state index contributed by atoms with van der Waals surface area (Å²) in [5, 5.41) is 2.84. The standard InChI is InChI=1S/C38H31F4NO5/c1-23(2)32-21-35(43-36(44)26-11-15-29(16-12-26)48-30-17-13-28(39)14-18-30)34(37(45)46-3)20-33(32)25-9-7-24(8-10-25)22-47-31-6-4-5-27(19-31)38(40,41)42/h4-21,23H,22H2,1-3H3,(H,43,44). The summed E-state index contributed by atoms with van der Waals surface area (Å²) in [6.45, 7) is 4.02. The van der Waals surface area contributed by atoms with E-state index in [9.17, 15) is 27.2 Å². The van der Waals surface area contributed by atoms with Crippen LogP contribution in [0.15, 0.2) is 109 Å². The van der Waals surface area contributed by atoms with Crippen LogP contribution in [-0.2, 0) is 17.5 Å². The van der Waals surface area contributed by atoms with E-state index < -0.39 is 23.6 Å². The first-order valence-electron chi connectivity index (χ1n) is 14.9. The second-order valence-electron chi connectivity index (χ2n) is 11.2. The SMILES string of the molecule is COC(=O)c1cc(-c2ccc(COc3cccc(C(F)(F)F)c3)cc2)c(C(C)C)cc1NC(=O)c1ccc(Oc2ccc(F)cc2)cc1. The third-order valence-corrected chi connectivity index (χ3v) is 7.46. The molecule has 0 atom stereocenters. The van der Waals surface area contributed by atoms with Crippen molar-refractivity contribution >= 4 is 17.6 Å². The number of amides is 1. The van der Waals surface area contributed by atoms with Crippen LogP contribution in [0.3, 0.4) is 0 Å². The van der Waals surface area contributed by atoms with E-state index in [1.807, 2.05) is 26.0 Å². The van der Waals surface area contributed by atoms with Gasteiger partial charge in [-0.1, -0.05) is 44.2 Å². The topological polar surface area (TPSA) is 73.9 Å². The molecule has 246 valence electrons. The van der Waals surface area contributed by atoms with Crippen molar-refractivity contribution in [1.29, 1.82) is 0 Å². The third-order valence-electron chi connectivity index (χ3n) is 7.46. The van der Waals surface area contributed by atoms with E-state index in [4.69, 9.17) is 14.2 Å². The van der Waals surface area contributed by atoms with Crippen LogP contribution >= 0.6 is 0 Å². The van der Waals surface area contributed by atoms with Gasteiger partial charge in [0.25, 0.3) is 5.91 Å². The molecule has 0 radical (unpaired) electrons. The Labute approximate surface area is 274 Å². The molecule has 0 saturated carbocycles. The molecule has 0 saturated heterocycles. The van der Waals surface area contributed by atoms with Gasteiger partial charge in [0.05, 0.1) is 23.9 Å². The molecule has 0 aliphatic rings. The fourth-order valence-electron chi connectivity index (χ4n) is 4.94. The van der Waals surface area contributed by atoms with E-state index in [-0.39, 0.29) is 35.3 Å². The number of methoxy groups -OCH3 is 1. The smallest absolute Gasteiger partial charge is 0.416 e. The summed E-state index contributed by atoms with van der Waals surface area (Å²) in [4.78, 5) is 26.2.